The van der Waals surface area contributed by atoms with E-state index in [1.165, 1.54) is 5.56 Å². The summed E-state index contributed by atoms with van der Waals surface area (Å²) in [6.07, 6.45) is 0.887. The minimum absolute atomic E-state index is 0.196. The molecule has 0 fully saturated rings. The van der Waals surface area contributed by atoms with Crippen LogP contribution in [-0.4, -0.2) is 27.3 Å². The highest BCUT2D eigenvalue weighted by Crippen LogP contribution is 2.44. The van der Waals surface area contributed by atoms with E-state index >= 15 is 0 Å². The van der Waals surface area contributed by atoms with Gasteiger partial charge in [0, 0.05) is 29.1 Å². The molecule has 1 N–H and O–H groups in total. The summed E-state index contributed by atoms with van der Waals surface area (Å²) in [4.78, 5) is 0. The van der Waals surface area contributed by atoms with E-state index in [9.17, 15) is 0 Å². The van der Waals surface area contributed by atoms with Gasteiger partial charge in [0.05, 0.1) is 14.2 Å². The van der Waals surface area contributed by atoms with Crippen LogP contribution in [0.4, 0.5) is 0 Å². The standard InChI is InChI=1S/C18H20ClNO2/c1-21-16-10-15(19)13-8-9-20-11-14(17(13)18(16)22-2)12-6-4-3-5-7-12/h3-7,10,14,20H,8-9,11H2,1-2H3. The number of hydrogen-bond acceptors (Lipinski definition) is 3. The number of fused-ring (bicyclic) bond motifs is 1. The fraction of sp³-hybridized carbons (Fsp3) is 0.333. The van der Waals surface area contributed by atoms with Crippen LogP contribution in [0, 0.1) is 0 Å². The minimum atomic E-state index is 0.196. The quantitative estimate of drug-likeness (QED) is 0.937. The second-order valence-corrected chi connectivity index (χ2v) is 5.81. The number of halogens is 1. The lowest BCUT2D eigenvalue weighted by atomic mass is 9.87. The van der Waals surface area contributed by atoms with Crippen LogP contribution in [0.1, 0.15) is 22.6 Å². The molecule has 116 valence electrons. The molecular weight excluding hydrogens is 298 g/mol. The zero-order chi connectivity index (χ0) is 15.5. The van der Waals surface area contributed by atoms with Crippen LogP contribution in [0.3, 0.4) is 0 Å². The lowest BCUT2D eigenvalue weighted by Gasteiger charge is -2.23. The number of nitrogens with one attached hydrogen (secondary N) is 1. The highest BCUT2D eigenvalue weighted by atomic mass is 35.5. The van der Waals surface area contributed by atoms with Gasteiger partial charge in [-0.15, -0.1) is 0 Å². The Kier molecular flexibility index (Phi) is 4.55. The molecule has 3 rings (SSSR count). The van der Waals surface area contributed by atoms with Gasteiger partial charge in [0.2, 0.25) is 0 Å². The van der Waals surface area contributed by atoms with Crippen LogP contribution in [0.15, 0.2) is 36.4 Å². The predicted molar refractivity (Wildman–Crippen MR) is 89.4 cm³/mol. The Morgan fingerprint density at radius 1 is 1.14 bits per heavy atom. The summed E-state index contributed by atoms with van der Waals surface area (Å²) in [5.41, 5.74) is 3.54. The van der Waals surface area contributed by atoms with Gasteiger partial charge in [-0.1, -0.05) is 41.9 Å². The van der Waals surface area contributed by atoms with E-state index in [-0.39, 0.29) is 5.92 Å². The Morgan fingerprint density at radius 3 is 2.59 bits per heavy atom. The van der Waals surface area contributed by atoms with Gasteiger partial charge in [-0.2, -0.15) is 0 Å². The third kappa shape index (κ3) is 2.67. The van der Waals surface area contributed by atoms with E-state index in [1.807, 2.05) is 12.1 Å². The lowest BCUT2D eigenvalue weighted by molar-refractivity contribution is 0.350. The van der Waals surface area contributed by atoms with Crippen molar-refractivity contribution < 1.29 is 9.47 Å². The largest absolute Gasteiger partial charge is 0.493 e. The van der Waals surface area contributed by atoms with Crippen molar-refractivity contribution in [3.63, 3.8) is 0 Å². The normalized spacial score (nSPS) is 17.5. The predicted octanol–water partition coefficient (Wildman–Crippen LogP) is 3.63. The summed E-state index contributed by atoms with van der Waals surface area (Å²) >= 11 is 6.52. The fourth-order valence-electron chi connectivity index (χ4n) is 3.18. The van der Waals surface area contributed by atoms with Crippen molar-refractivity contribution in [2.24, 2.45) is 0 Å². The molecule has 2 aromatic rings. The first kappa shape index (κ1) is 15.2. The van der Waals surface area contributed by atoms with Crippen molar-refractivity contribution in [2.75, 3.05) is 27.3 Å². The van der Waals surface area contributed by atoms with Crippen molar-refractivity contribution in [3.8, 4) is 11.5 Å². The number of hydrogen-bond donors (Lipinski definition) is 1. The van der Waals surface area contributed by atoms with Gasteiger partial charge in [-0.05, 0) is 24.1 Å². The Morgan fingerprint density at radius 2 is 1.91 bits per heavy atom. The topological polar surface area (TPSA) is 30.5 Å². The van der Waals surface area contributed by atoms with Crippen molar-refractivity contribution in [1.29, 1.82) is 0 Å². The molecule has 0 aromatic heterocycles. The molecule has 0 bridgehead atoms. The summed E-state index contributed by atoms with van der Waals surface area (Å²) in [5, 5.41) is 4.25. The van der Waals surface area contributed by atoms with Crippen molar-refractivity contribution >= 4 is 11.6 Å². The molecule has 1 aliphatic heterocycles. The van der Waals surface area contributed by atoms with Crippen LogP contribution in [0.25, 0.3) is 0 Å². The first-order valence-electron chi connectivity index (χ1n) is 7.45. The van der Waals surface area contributed by atoms with E-state index in [0.29, 0.717) is 5.75 Å². The highest BCUT2D eigenvalue weighted by molar-refractivity contribution is 6.31. The van der Waals surface area contributed by atoms with Crippen molar-refractivity contribution in [1.82, 2.24) is 5.32 Å². The Hall–Kier alpha value is -1.71. The van der Waals surface area contributed by atoms with Gasteiger partial charge in [0.25, 0.3) is 0 Å². The number of ether oxygens (including phenoxy) is 2. The second-order valence-electron chi connectivity index (χ2n) is 5.40. The first-order chi connectivity index (χ1) is 10.8. The monoisotopic (exact) mass is 317 g/mol. The molecule has 0 saturated heterocycles. The molecule has 1 heterocycles. The van der Waals surface area contributed by atoms with Gasteiger partial charge >= 0.3 is 0 Å². The molecule has 0 saturated carbocycles. The van der Waals surface area contributed by atoms with E-state index in [1.54, 1.807) is 14.2 Å². The maximum atomic E-state index is 6.52. The molecule has 1 unspecified atom stereocenters. The number of rotatable bonds is 3. The Bertz CT molecular complexity index is 658. The van der Waals surface area contributed by atoms with Crippen molar-refractivity contribution in [3.05, 3.63) is 58.1 Å². The maximum Gasteiger partial charge on any atom is 0.164 e. The van der Waals surface area contributed by atoms with Crippen LogP contribution in [0.2, 0.25) is 5.02 Å². The molecular formula is C18H20ClNO2. The summed E-state index contributed by atoms with van der Waals surface area (Å²) in [7, 11) is 3.33. The molecule has 4 heteroatoms. The average Bonchev–Trinajstić information content (AvgIpc) is 2.79. The summed E-state index contributed by atoms with van der Waals surface area (Å²) in [5.74, 6) is 1.68. The fourth-order valence-corrected chi connectivity index (χ4v) is 3.48. The van der Waals surface area contributed by atoms with Gasteiger partial charge in [0.1, 0.15) is 0 Å². The van der Waals surface area contributed by atoms with Crippen LogP contribution in [0.5, 0.6) is 11.5 Å². The van der Waals surface area contributed by atoms with E-state index in [4.69, 9.17) is 21.1 Å². The molecule has 0 spiro atoms. The van der Waals surface area contributed by atoms with E-state index in [0.717, 1.165) is 41.4 Å². The van der Waals surface area contributed by atoms with Gasteiger partial charge in [-0.3, -0.25) is 0 Å². The Balaban J connectivity index is 2.24. The maximum absolute atomic E-state index is 6.52. The smallest absolute Gasteiger partial charge is 0.164 e. The average molecular weight is 318 g/mol. The van der Waals surface area contributed by atoms with E-state index < -0.39 is 0 Å². The van der Waals surface area contributed by atoms with Crippen molar-refractivity contribution in [2.45, 2.75) is 12.3 Å². The molecule has 0 radical (unpaired) electrons. The van der Waals surface area contributed by atoms with Gasteiger partial charge in [0.15, 0.2) is 11.5 Å². The summed E-state index contributed by atoms with van der Waals surface area (Å²) in [6.45, 7) is 1.77. The van der Waals surface area contributed by atoms with Crippen LogP contribution >= 0.6 is 11.6 Å². The molecule has 0 aliphatic carbocycles. The highest BCUT2D eigenvalue weighted by Gasteiger charge is 2.28. The Labute approximate surface area is 136 Å². The third-order valence-electron chi connectivity index (χ3n) is 4.21. The van der Waals surface area contributed by atoms with Gasteiger partial charge < -0.3 is 14.8 Å². The minimum Gasteiger partial charge on any atom is -0.493 e. The number of methoxy groups -OCH3 is 2. The zero-order valence-electron chi connectivity index (χ0n) is 12.9. The van der Waals surface area contributed by atoms with Crippen LogP contribution < -0.4 is 14.8 Å². The van der Waals surface area contributed by atoms with Gasteiger partial charge in [-0.25, -0.2) is 0 Å². The molecule has 22 heavy (non-hydrogen) atoms. The molecule has 2 aromatic carbocycles. The molecule has 1 aliphatic rings. The van der Waals surface area contributed by atoms with Crippen LogP contribution in [-0.2, 0) is 6.42 Å². The third-order valence-corrected chi connectivity index (χ3v) is 4.55. The first-order valence-corrected chi connectivity index (χ1v) is 7.83. The lowest BCUT2D eigenvalue weighted by Crippen LogP contribution is -2.21. The summed E-state index contributed by atoms with van der Waals surface area (Å²) in [6, 6.07) is 12.3. The zero-order valence-corrected chi connectivity index (χ0v) is 13.6. The summed E-state index contributed by atoms with van der Waals surface area (Å²) < 4.78 is 11.2. The molecule has 0 amide bonds. The SMILES string of the molecule is COc1cc(Cl)c2c(c1OC)C(c1ccccc1)CNCC2. The van der Waals surface area contributed by atoms with E-state index in [2.05, 4.69) is 29.6 Å². The number of benzene rings is 2. The second kappa shape index (κ2) is 6.59. The molecule has 1 atom stereocenters. The molecule has 3 nitrogen and oxygen atoms in total.